The molecule has 10 nitrogen and oxygen atoms in total. The summed E-state index contributed by atoms with van der Waals surface area (Å²) in [5, 5.41) is 24.0. The number of carbonyl (C=O) groups is 1. The molecule has 122 valence electrons. The van der Waals surface area contributed by atoms with Crippen LogP contribution in [0.1, 0.15) is 16.4 Å². The molecule has 0 atom stereocenters. The number of tetrazole rings is 1. The van der Waals surface area contributed by atoms with Gasteiger partial charge in [0, 0.05) is 0 Å². The van der Waals surface area contributed by atoms with Crippen molar-refractivity contribution in [3.8, 4) is 5.69 Å². The van der Waals surface area contributed by atoms with Crippen molar-refractivity contribution in [2.24, 2.45) is 0 Å². The summed E-state index contributed by atoms with van der Waals surface area (Å²) in [7, 11) is 0. The average molecular weight is 332 g/mol. The number of aromatic nitrogens is 4. The second-order valence-electron chi connectivity index (χ2n) is 4.56. The number of nitrogens with zero attached hydrogens (tertiary/aromatic N) is 5. The molecule has 0 bridgehead atoms. The van der Waals surface area contributed by atoms with E-state index in [0.717, 1.165) is 6.07 Å². The van der Waals surface area contributed by atoms with Crippen LogP contribution in [0.15, 0.2) is 40.8 Å². The summed E-state index contributed by atoms with van der Waals surface area (Å²) in [5.74, 6) is -1.64. The Morgan fingerprint density at radius 3 is 2.92 bits per heavy atom. The number of hydrogen-bond donors (Lipinski definition) is 1. The van der Waals surface area contributed by atoms with Crippen LogP contribution < -0.4 is 5.32 Å². The van der Waals surface area contributed by atoms with Crippen LogP contribution in [0.3, 0.4) is 0 Å². The summed E-state index contributed by atoms with van der Waals surface area (Å²) >= 11 is 0. The molecule has 24 heavy (non-hydrogen) atoms. The van der Waals surface area contributed by atoms with E-state index in [2.05, 4.69) is 20.8 Å². The minimum Gasteiger partial charge on any atom is -0.395 e. The van der Waals surface area contributed by atoms with Gasteiger partial charge in [0.15, 0.2) is 11.6 Å². The third-order valence-electron chi connectivity index (χ3n) is 2.99. The van der Waals surface area contributed by atoms with Gasteiger partial charge in [-0.1, -0.05) is 6.07 Å². The Bertz CT molecular complexity index is 905. The van der Waals surface area contributed by atoms with Gasteiger partial charge in [-0.05, 0) is 34.7 Å². The van der Waals surface area contributed by atoms with Crippen LogP contribution in [0.5, 0.6) is 0 Å². The largest absolute Gasteiger partial charge is 0.433 e. The maximum Gasteiger partial charge on any atom is 0.433 e. The van der Waals surface area contributed by atoms with E-state index in [9.17, 15) is 19.3 Å². The van der Waals surface area contributed by atoms with Crippen molar-refractivity contribution >= 4 is 11.8 Å². The summed E-state index contributed by atoms with van der Waals surface area (Å²) in [6.45, 7) is -0.0865. The highest BCUT2D eigenvalue weighted by Gasteiger charge is 2.18. The molecule has 0 fully saturated rings. The first-order valence-corrected chi connectivity index (χ1v) is 6.60. The Hall–Kier alpha value is -3.63. The van der Waals surface area contributed by atoms with E-state index >= 15 is 0 Å². The third kappa shape index (κ3) is 3.09. The van der Waals surface area contributed by atoms with E-state index in [1.165, 1.54) is 28.9 Å². The topological polar surface area (TPSA) is 129 Å². The Morgan fingerprint density at radius 1 is 1.38 bits per heavy atom. The SMILES string of the molecule is O=C(NCc1nnnn1-c1cccc(F)c1)c1ccc([N+](=O)[O-])o1. The van der Waals surface area contributed by atoms with Crippen molar-refractivity contribution in [2.75, 3.05) is 0 Å². The molecular weight excluding hydrogens is 323 g/mol. The van der Waals surface area contributed by atoms with E-state index < -0.39 is 22.5 Å². The van der Waals surface area contributed by atoms with E-state index in [1.54, 1.807) is 6.07 Å². The molecule has 0 unspecified atom stereocenters. The van der Waals surface area contributed by atoms with Gasteiger partial charge in [0.1, 0.15) is 10.7 Å². The maximum absolute atomic E-state index is 13.3. The first-order valence-electron chi connectivity index (χ1n) is 6.60. The summed E-state index contributed by atoms with van der Waals surface area (Å²) < 4.78 is 19.3. The minimum atomic E-state index is -0.749. The normalized spacial score (nSPS) is 10.5. The monoisotopic (exact) mass is 332 g/mol. The van der Waals surface area contributed by atoms with Crippen LogP contribution in [0.2, 0.25) is 0 Å². The lowest BCUT2D eigenvalue weighted by Crippen LogP contribution is -2.24. The Morgan fingerprint density at radius 2 is 2.21 bits per heavy atom. The fourth-order valence-electron chi connectivity index (χ4n) is 1.92. The lowest BCUT2D eigenvalue weighted by atomic mass is 10.3. The summed E-state index contributed by atoms with van der Waals surface area (Å²) in [5.41, 5.74) is 0.387. The van der Waals surface area contributed by atoms with Gasteiger partial charge < -0.3 is 9.73 Å². The van der Waals surface area contributed by atoms with Crippen LogP contribution in [0, 0.1) is 15.9 Å². The highest BCUT2D eigenvalue weighted by molar-refractivity contribution is 5.91. The van der Waals surface area contributed by atoms with Crippen molar-refractivity contribution < 1.29 is 18.5 Å². The fourth-order valence-corrected chi connectivity index (χ4v) is 1.92. The van der Waals surface area contributed by atoms with Gasteiger partial charge in [-0.15, -0.1) is 5.10 Å². The molecule has 11 heteroatoms. The second kappa shape index (κ2) is 6.24. The van der Waals surface area contributed by atoms with E-state index in [4.69, 9.17) is 4.42 Å². The number of nitro groups is 1. The molecule has 0 saturated heterocycles. The predicted molar refractivity (Wildman–Crippen MR) is 75.6 cm³/mol. The highest BCUT2D eigenvalue weighted by Crippen LogP contribution is 2.15. The van der Waals surface area contributed by atoms with Gasteiger partial charge in [-0.25, -0.2) is 4.39 Å². The first-order chi connectivity index (χ1) is 11.5. The standard InChI is InChI=1S/C13H9FN6O4/c14-8-2-1-3-9(6-8)19-11(16-17-18-19)7-15-13(21)10-4-5-12(24-10)20(22)23/h1-6H,7H2,(H,15,21). The van der Waals surface area contributed by atoms with E-state index in [0.29, 0.717) is 5.69 Å². The molecule has 0 radical (unpaired) electrons. The number of nitrogens with one attached hydrogen (secondary N) is 1. The molecule has 0 aliphatic carbocycles. The molecule has 0 aliphatic rings. The van der Waals surface area contributed by atoms with Gasteiger partial charge in [0.05, 0.1) is 18.3 Å². The number of halogens is 1. The smallest absolute Gasteiger partial charge is 0.395 e. The number of carbonyl (C=O) groups excluding carboxylic acids is 1. The van der Waals surface area contributed by atoms with Crippen LogP contribution in [-0.2, 0) is 6.54 Å². The molecule has 1 amide bonds. The van der Waals surface area contributed by atoms with E-state index in [-0.39, 0.29) is 18.1 Å². The van der Waals surface area contributed by atoms with Crippen LogP contribution in [0.25, 0.3) is 5.69 Å². The van der Waals surface area contributed by atoms with Crippen molar-refractivity contribution in [3.05, 3.63) is 63.9 Å². The molecule has 0 aliphatic heterocycles. The van der Waals surface area contributed by atoms with E-state index in [1.807, 2.05) is 0 Å². The molecule has 1 N–H and O–H groups in total. The summed E-state index contributed by atoms with van der Waals surface area (Å²) in [6.07, 6.45) is 0. The molecule has 3 rings (SSSR count). The summed E-state index contributed by atoms with van der Waals surface area (Å²) in [4.78, 5) is 21.7. The van der Waals surface area contributed by atoms with Crippen molar-refractivity contribution in [1.82, 2.24) is 25.5 Å². The van der Waals surface area contributed by atoms with Crippen LogP contribution in [-0.4, -0.2) is 31.0 Å². The molecule has 0 spiro atoms. The van der Waals surface area contributed by atoms with Crippen LogP contribution in [0.4, 0.5) is 10.3 Å². The van der Waals surface area contributed by atoms with Crippen LogP contribution >= 0.6 is 0 Å². The fraction of sp³-hybridized carbons (Fsp3) is 0.0769. The Labute approximate surface area is 133 Å². The van der Waals surface area contributed by atoms with Crippen molar-refractivity contribution in [2.45, 2.75) is 6.54 Å². The van der Waals surface area contributed by atoms with Crippen molar-refractivity contribution in [1.29, 1.82) is 0 Å². The molecule has 1 aromatic carbocycles. The Kier molecular flexibility index (Phi) is 3.97. The van der Waals surface area contributed by atoms with Gasteiger partial charge in [0.2, 0.25) is 0 Å². The molecule has 3 aromatic rings. The molecule has 2 aromatic heterocycles. The third-order valence-corrected chi connectivity index (χ3v) is 2.99. The maximum atomic E-state index is 13.3. The number of benzene rings is 1. The van der Waals surface area contributed by atoms with Crippen molar-refractivity contribution in [3.63, 3.8) is 0 Å². The molecule has 2 heterocycles. The predicted octanol–water partition coefficient (Wildman–Crippen LogP) is 1.23. The molecule has 0 saturated carbocycles. The quantitative estimate of drug-likeness (QED) is 0.549. The lowest BCUT2D eigenvalue weighted by molar-refractivity contribution is -0.402. The number of rotatable bonds is 5. The minimum absolute atomic E-state index is 0.0865. The summed E-state index contributed by atoms with van der Waals surface area (Å²) in [6, 6.07) is 7.86. The zero-order valence-electron chi connectivity index (χ0n) is 11.9. The zero-order valence-corrected chi connectivity index (χ0v) is 11.9. The average Bonchev–Trinajstić information content (AvgIpc) is 3.22. The van der Waals surface area contributed by atoms with Gasteiger partial charge in [-0.3, -0.25) is 14.9 Å². The highest BCUT2D eigenvalue weighted by atomic mass is 19.1. The first kappa shape index (κ1) is 15.3. The Balaban J connectivity index is 1.72. The zero-order chi connectivity index (χ0) is 17.1. The molecular formula is C13H9FN6O4. The van der Waals surface area contributed by atoms with Gasteiger partial charge in [-0.2, -0.15) is 4.68 Å². The van der Waals surface area contributed by atoms with Gasteiger partial charge in [0.25, 0.3) is 5.91 Å². The number of amides is 1. The second-order valence-corrected chi connectivity index (χ2v) is 4.56. The number of hydrogen-bond acceptors (Lipinski definition) is 7. The van der Waals surface area contributed by atoms with Gasteiger partial charge >= 0.3 is 5.88 Å². The number of furan rings is 1. The lowest BCUT2D eigenvalue weighted by Gasteiger charge is -2.05.